The second-order valence-electron chi connectivity index (χ2n) is 9.73. The van der Waals surface area contributed by atoms with E-state index in [1.54, 1.807) is 45.0 Å². The van der Waals surface area contributed by atoms with Gasteiger partial charge in [-0.05, 0) is 64.7 Å². The molecule has 0 spiro atoms. The van der Waals surface area contributed by atoms with Crippen LogP contribution in [0, 0.1) is 0 Å². The van der Waals surface area contributed by atoms with E-state index in [9.17, 15) is 14.4 Å². The van der Waals surface area contributed by atoms with E-state index < -0.39 is 11.7 Å². The van der Waals surface area contributed by atoms with Gasteiger partial charge in [-0.1, -0.05) is 25.3 Å². The number of piperidine rings is 1. The molecule has 1 aromatic rings. The van der Waals surface area contributed by atoms with Crippen molar-refractivity contribution < 1.29 is 19.1 Å². The predicted molar refractivity (Wildman–Crippen MR) is 124 cm³/mol. The van der Waals surface area contributed by atoms with Gasteiger partial charge in [0.2, 0.25) is 0 Å². The summed E-state index contributed by atoms with van der Waals surface area (Å²) >= 11 is 0. The minimum Gasteiger partial charge on any atom is -0.444 e. The van der Waals surface area contributed by atoms with Gasteiger partial charge in [0, 0.05) is 36.4 Å². The molecule has 1 saturated carbocycles. The van der Waals surface area contributed by atoms with Crippen LogP contribution in [-0.4, -0.2) is 53.7 Å². The molecule has 0 atom stereocenters. The number of urea groups is 1. The molecule has 0 aromatic heterocycles. The largest absolute Gasteiger partial charge is 0.444 e. The number of hydrogen-bond acceptors (Lipinski definition) is 4. The third-order valence-corrected chi connectivity index (χ3v) is 5.82. The first kappa shape index (κ1) is 23.9. The van der Waals surface area contributed by atoms with Gasteiger partial charge in [-0.2, -0.15) is 0 Å². The lowest BCUT2D eigenvalue weighted by molar-refractivity contribution is 0.0635. The fraction of sp³-hybridized carbons (Fsp3) is 0.625. The molecular weight excluding hydrogens is 408 g/mol. The van der Waals surface area contributed by atoms with Gasteiger partial charge in [0.05, 0.1) is 0 Å². The zero-order valence-corrected chi connectivity index (χ0v) is 19.4. The number of carbonyl (C=O) groups is 3. The molecule has 0 bridgehead atoms. The van der Waals surface area contributed by atoms with Gasteiger partial charge in [-0.3, -0.25) is 10.1 Å². The van der Waals surface area contributed by atoms with Gasteiger partial charge in [-0.25, -0.2) is 9.59 Å². The van der Waals surface area contributed by atoms with Gasteiger partial charge in [0.1, 0.15) is 5.60 Å². The van der Waals surface area contributed by atoms with Crippen LogP contribution in [-0.2, 0) is 4.74 Å². The molecule has 3 N–H and O–H groups in total. The highest BCUT2D eigenvalue weighted by molar-refractivity contribution is 5.96. The summed E-state index contributed by atoms with van der Waals surface area (Å²) in [5, 5.41) is 8.87. The van der Waals surface area contributed by atoms with E-state index in [1.807, 2.05) is 4.90 Å². The van der Waals surface area contributed by atoms with Crippen LogP contribution in [0.3, 0.4) is 0 Å². The molecule has 8 heteroatoms. The highest BCUT2D eigenvalue weighted by Crippen LogP contribution is 2.19. The average molecular weight is 445 g/mol. The molecular formula is C24H36N4O4. The van der Waals surface area contributed by atoms with Crippen LogP contribution < -0.4 is 16.0 Å². The summed E-state index contributed by atoms with van der Waals surface area (Å²) in [6.07, 6.45) is 6.66. The quantitative estimate of drug-likeness (QED) is 0.646. The molecule has 2 aliphatic rings. The van der Waals surface area contributed by atoms with Crippen LogP contribution in [0.15, 0.2) is 24.3 Å². The van der Waals surface area contributed by atoms with Crippen molar-refractivity contribution in [1.82, 2.24) is 15.5 Å². The number of carbonyl (C=O) groups excluding carboxylic acids is 3. The molecule has 8 nitrogen and oxygen atoms in total. The van der Waals surface area contributed by atoms with Crippen LogP contribution in [0.1, 0.15) is 76.1 Å². The summed E-state index contributed by atoms with van der Waals surface area (Å²) in [5.41, 5.74) is 0.374. The van der Waals surface area contributed by atoms with Crippen LogP contribution in [0.5, 0.6) is 0 Å². The van der Waals surface area contributed by atoms with Crippen LogP contribution in [0.25, 0.3) is 0 Å². The third kappa shape index (κ3) is 7.43. The van der Waals surface area contributed by atoms with E-state index in [0.717, 1.165) is 25.7 Å². The highest BCUT2D eigenvalue weighted by Gasteiger charge is 2.26. The van der Waals surface area contributed by atoms with Crippen molar-refractivity contribution >= 4 is 23.7 Å². The standard InChI is InChI=1S/C24H36N4O4/c1-24(2,3)32-23(31)27-20-11-7-8-17(16-20)21(29)25-19-12-14-28(15-13-19)22(30)26-18-9-5-4-6-10-18/h7-8,11,16,18-19H,4-6,9-10,12-15H2,1-3H3,(H,25,29)(H,26,30)(H,27,31). The maximum absolute atomic E-state index is 12.7. The summed E-state index contributed by atoms with van der Waals surface area (Å²) in [6, 6.07) is 7.11. The van der Waals surface area contributed by atoms with Crippen LogP contribution >= 0.6 is 0 Å². The van der Waals surface area contributed by atoms with Gasteiger partial charge >= 0.3 is 12.1 Å². The van der Waals surface area contributed by atoms with Crippen molar-refractivity contribution in [3.8, 4) is 0 Å². The monoisotopic (exact) mass is 444 g/mol. The van der Waals surface area contributed by atoms with E-state index in [2.05, 4.69) is 16.0 Å². The van der Waals surface area contributed by atoms with Gasteiger partial charge in [0.25, 0.3) is 5.91 Å². The van der Waals surface area contributed by atoms with Crippen molar-refractivity contribution in [2.45, 2.75) is 83.4 Å². The molecule has 1 aliphatic heterocycles. The van der Waals surface area contributed by atoms with E-state index in [4.69, 9.17) is 4.74 Å². The number of benzene rings is 1. The number of ether oxygens (including phenoxy) is 1. The number of nitrogens with zero attached hydrogens (tertiary/aromatic N) is 1. The minimum absolute atomic E-state index is 0.0163. The van der Waals surface area contributed by atoms with Crippen molar-refractivity contribution in [1.29, 1.82) is 0 Å². The zero-order chi connectivity index (χ0) is 23.1. The highest BCUT2D eigenvalue weighted by atomic mass is 16.6. The molecule has 3 rings (SSSR count). The Balaban J connectivity index is 1.45. The number of nitrogens with one attached hydrogen (secondary N) is 3. The summed E-state index contributed by atoms with van der Waals surface area (Å²) in [5.74, 6) is -0.192. The molecule has 0 radical (unpaired) electrons. The molecule has 32 heavy (non-hydrogen) atoms. The lowest BCUT2D eigenvalue weighted by Gasteiger charge is -2.34. The van der Waals surface area contributed by atoms with E-state index in [1.165, 1.54) is 19.3 Å². The van der Waals surface area contributed by atoms with E-state index in [0.29, 0.717) is 30.4 Å². The van der Waals surface area contributed by atoms with E-state index in [-0.39, 0.29) is 18.0 Å². The van der Waals surface area contributed by atoms with Gasteiger partial charge in [0.15, 0.2) is 0 Å². The maximum atomic E-state index is 12.7. The lowest BCUT2D eigenvalue weighted by Crippen LogP contribution is -2.51. The van der Waals surface area contributed by atoms with Crippen LogP contribution in [0.2, 0.25) is 0 Å². The SMILES string of the molecule is CC(C)(C)OC(=O)Nc1cccc(C(=O)NC2CCN(C(=O)NC3CCCCC3)CC2)c1. The Kier molecular flexibility index (Phi) is 7.99. The number of likely N-dealkylation sites (tertiary alicyclic amines) is 1. The Labute approximate surface area is 190 Å². The summed E-state index contributed by atoms with van der Waals surface area (Å²) in [6.45, 7) is 6.64. The average Bonchev–Trinajstić information content (AvgIpc) is 2.73. The minimum atomic E-state index is -0.596. The molecule has 1 saturated heterocycles. The molecule has 0 unspecified atom stereocenters. The number of hydrogen-bond donors (Lipinski definition) is 3. The first-order valence-corrected chi connectivity index (χ1v) is 11.7. The second-order valence-corrected chi connectivity index (χ2v) is 9.73. The summed E-state index contributed by atoms with van der Waals surface area (Å²) in [7, 11) is 0. The summed E-state index contributed by atoms with van der Waals surface area (Å²) in [4.78, 5) is 39.0. The first-order valence-electron chi connectivity index (χ1n) is 11.7. The first-order chi connectivity index (χ1) is 15.2. The van der Waals surface area contributed by atoms with Crippen molar-refractivity contribution in [2.24, 2.45) is 0 Å². The molecule has 2 fully saturated rings. The fourth-order valence-corrected chi connectivity index (χ4v) is 4.17. The Hall–Kier alpha value is -2.77. The van der Waals surface area contributed by atoms with Crippen molar-refractivity contribution in [2.75, 3.05) is 18.4 Å². The molecule has 1 heterocycles. The van der Waals surface area contributed by atoms with Crippen molar-refractivity contribution in [3.63, 3.8) is 0 Å². The Morgan fingerprint density at radius 3 is 2.25 bits per heavy atom. The molecule has 1 aliphatic carbocycles. The smallest absolute Gasteiger partial charge is 0.412 e. The topological polar surface area (TPSA) is 99.8 Å². The van der Waals surface area contributed by atoms with Crippen LogP contribution in [0.4, 0.5) is 15.3 Å². The molecule has 4 amide bonds. The number of rotatable bonds is 4. The lowest BCUT2D eigenvalue weighted by atomic mass is 9.95. The molecule has 1 aromatic carbocycles. The summed E-state index contributed by atoms with van der Waals surface area (Å²) < 4.78 is 5.25. The number of amides is 4. The maximum Gasteiger partial charge on any atom is 0.412 e. The third-order valence-electron chi connectivity index (χ3n) is 5.82. The van der Waals surface area contributed by atoms with Crippen molar-refractivity contribution in [3.05, 3.63) is 29.8 Å². The second kappa shape index (κ2) is 10.7. The molecule has 176 valence electrons. The fourth-order valence-electron chi connectivity index (χ4n) is 4.17. The Morgan fingerprint density at radius 2 is 1.59 bits per heavy atom. The normalized spacial score (nSPS) is 18.0. The zero-order valence-electron chi connectivity index (χ0n) is 19.4. The Bertz CT molecular complexity index is 806. The van der Waals surface area contributed by atoms with E-state index >= 15 is 0 Å². The number of anilines is 1. The van der Waals surface area contributed by atoms with Gasteiger partial charge < -0.3 is 20.3 Å². The van der Waals surface area contributed by atoms with Gasteiger partial charge in [-0.15, -0.1) is 0 Å². The predicted octanol–water partition coefficient (Wildman–Crippen LogP) is 4.27. The Morgan fingerprint density at radius 1 is 0.938 bits per heavy atom.